The Bertz CT molecular complexity index is 644. The third-order valence-electron chi connectivity index (χ3n) is 3.81. The van der Waals surface area contributed by atoms with Crippen LogP contribution in [0.2, 0.25) is 0 Å². The molecule has 0 radical (unpaired) electrons. The first-order chi connectivity index (χ1) is 9.41. The van der Waals surface area contributed by atoms with Crippen molar-refractivity contribution in [2.45, 2.75) is 38.9 Å². The Hall–Kier alpha value is -1.12. The summed E-state index contributed by atoms with van der Waals surface area (Å²) >= 11 is 0. The fourth-order valence-corrected chi connectivity index (χ4v) is 2.53. The maximum absolute atomic E-state index is 14.0. The van der Waals surface area contributed by atoms with Crippen LogP contribution in [0.15, 0.2) is 18.2 Å². The molecule has 116 valence electrons. The predicted molar refractivity (Wildman–Crippen MR) is 80.6 cm³/mol. The van der Waals surface area contributed by atoms with E-state index in [9.17, 15) is 12.8 Å². The molecule has 0 atom stereocenters. The summed E-state index contributed by atoms with van der Waals surface area (Å²) in [4.78, 5) is 0. The van der Waals surface area contributed by atoms with Crippen LogP contribution in [0.1, 0.15) is 27.7 Å². The number of anilines is 1. The molecular weight excluding hydrogens is 296 g/mol. The van der Waals surface area contributed by atoms with Crippen molar-refractivity contribution in [2.75, 3.05) is 11.0 Å². The highest BCUT2D eigenvalue weighted by Crippen LogP contribution is 2.36. The Morgan fingerprint density at radius 1 is 1.14 bits per heavy atom. The number of hydrogen-bond donors (Lipinski definition) is 1. The summed E-state index contributed by atoms with van der Waals surface area (Å²) in [6.45, 7) is 7.46. The van der Waals surface area contributed by atoms with Gasteiger partial charge in [0.05, 0.1) is 17.5 Å². The lowest BCUT2D eigenvalue weighted by Crippen LogP contribution is -2.41. The Balaban J connectivity index is 2.35. The molecule has 8 heteroatoms. The van der Waals surface area contributed by atoms with Crippen molar-refractivity contribution in [3.63, 3.8) is 0 Å². The van der Waals surface area contributed by atoms with Crippen molar-refractivity contribution in [1.82, 2.24) is 0 Å². The van der Waals surface area contributed by atoms with Crippen molar-refractivity contribution in [1.29, 1.82) is 0 Å². The number of hydrogen-bond acceptors (Lipinski definition) is 4. The van der Waals surface area contributed by atoms with Crippen molar-refractivity contribution >= 4 is 28.3 Å². The first-order valence-corrected chi connectivity index (χ1v) is 8.43. The molecule has 1 aromatic rings. The molecule has 1 saturated heterocycles. The largest absolute Gasteiger partial charge is 0.497 e. The third-order valence-corrected chi connectivity index (χ3v) is 4.41. The van der Waals surface area contributed by atoms with Crippen molar-refractivity contribution in [3.05, 3.63) is 24.0 Å². The molecule has 1 aromatic carbocycles. The van der Waals surface area contributed by atoms with Crippen molar-refractivity contribution in [3.8, 4) is 0 Å². The van der Waals surface area contributed by atoms with E-state index in [2.05, 4.69) is 4.72 Å². The molecule has 1 heterocycles. The molecule has 1 aliphatic heterocycles. The van der Waals surface area contributed by atoms with E-state index in [1.807, 2.05) is 27.7 Å². The van der Waals surface area contributed by atoms with Crippen LogP contribution in [0.5, 0.6) is 0 Å². The normalized spacial score (nSPS) is 20.6. The summed E-state index contributed by atoms with van der Waals surface area (Å²) in [5.74, 6) is -0.507. The van der Waals surface area contributed by atoms with E-state index in [0.29, 0.717) is 0 Å². The van der Waals surface area contributed by atoms with Gasteiger partial charge in [0.1, 0.15) is 5.82 Å². The van der Waals surface area contributed by atoms with Gasteiger partial charge in [-0.05, 0) is 45.9 Å². The molecule has 0 amide bonds. The van der Waals surface area contributed by atoms with Gasteiger partial charge in [0.2, 0.25) is 10.0 Å². The van der Waals surface area contributed by atoms with Crippen LogP contribution in [0, 0.1) is 5.82 Å². The second kappa shape index (κ2) is 4.96. The molecule has 0 bridgehead atoms. The Kier molecular flexibility index (Phi) is 3.84. The van der Waals surface area contributed by atoms with E-state index in [1.54, 1.807) is 0 Å². The summed E-state index contributed by atoms with van der Waals surface area (Å²) < 4.78 is 50.4. The zero-order valence-corrected chi connectivity index (χ0v) is 13.5. The lowest BCUT2D eigenvalue weighted by atomic mass is 9.78. The maximum atomic E-state index is 14.0. The van der Waals surface area contributed by atoms with Crippen LogP contribution in [0.4, 0.5) is 10.1 Å². The molecular formula is C13H19BFNO4S. The molecule has 0 spiro atoms. The van der Waals surface area contributed by atoms with Gasteiger partial charge in [-0.3, -0.25) is 4.72 Å². The molecule has 2 rings (SSSR count). The number of sulfonamides is 1. The van der Waals surface area contributed by atoms with Gasteiger partial charge in [-0.2, -0.15) is 0 Å². The molecule has 0 aliphatic carbocycles. The second-order valence-electron chi connectivity index (χ2n) is 6.20. The summed E-state index contributed by atoms with van der Waals surface area (Å²) in [7, 11) is -4.31. The molecule has 0 aromatic heterocycles. The maximum Gasteiger partial charge on any atom is 0.497 e. The van der Waals surface area contributed by atoms with E-state index in [1.165, 1.54) is 18.2 Å². The van der Waals surface area contributed by atoms with Crippen LogP contribution in [-0.2, 0) is 19.3 Å². The van der Waals surface area contributed by atoms with Gasteiger partial charge in [0, 0.05) is 11.2 Å². The number of halogens is 1. The quantitative estimate of drug-likeness (QED) is 0.859. The highest BCUT2D eigenvalue weighted by Gasteiger charge is 2.52. The fourth-order valence-electron chi connectivity index (χ4n) is 1.97. The van der Waals surface area contributed by atoms with E-state index in [4.69, 9.17) is 9.31 Å². The van der Waals surface area contributed by atoms with Gasteiger partial charge in [-0.25, -0.2) is 12.8 Å². The van der Waals surface area contributed by atoms with Gasteiger partial charge in [-0.15, -0.1) is 0 Å². The smallest absolute Gasteiger partial charge is 0.399 e. The van der Waals surface area contributed by atoms with E-state index >= 15 is 0 Å². The standard InChI is InChI=1S/C13H19BFNO4S/c1-12(2)13(3,4)20-14(19-12)10-8-9(6-7-11(10)15)16-21(5,17)18/h6-8,16H,1-5H3. The van der Waals surface area contributed by atoms with E-state index in [0.717, 1.165) is 6.26 Å². The molecule has 1 fully saturated rings. The Morgan fingerprint density at radius 2 is 1.67 bits per heavy atom. The SMILES string of the molecule is CC1(C)OB(c2cc(NS(C)(=O)=O)ccc2F)OC1(C)C. The van der Waals surface area contributed by atoms with Crippen LogP contribution in [0.3, 0.4) is 0 Å². The second-order valence-corrected chi connectivity index (χ2v) is 7.95. The zero-order valence-electron chi connectivity index (χ0n) is 12.7. The molecule has 5 nitrogen and oxygen atoms in total. The number of benzene rings is 1. The summed E-state index contributed by atoms with van der Waals surface area (Å²) in [6, 6.07) is 3.93. The van der Waals surface area contributed by atoms with Gasteiger partial charge in [0.15, 0.2) is 0 Å². The summed E-state index contributed by atoms with van der Waals surface area (Å²) in [6.07, 6.45) is 1.03. The average Bonchev–Trinajstić information content (AvgIpc) is 2.49. The molecule has 0 saturated carbocycles. The lowest BCUT2D eigenvalue weighted by molar-refractivity contribution is 0.00578. The zero-order chi connectivity index (χ0) is 16.1. The molecule has 1 aliphatic rings. The highest BCUT2D eigenvalue weighted by molar-refractivity contribution is 7.92. The van der Waals surface area contributed by atoms with E-state index < -0.39 is 34.2 Å². The van der Waals surface area contributed by atoms with Crippen molar-refractivity contribution in [2.24, 2.45) is 0 Å². The molecule has 0 unspecified atom stereocenters. The molecule has 21 heavy (non-hydrogen) atoms. The monoisotopic (exact) mass is 315 g/mol. The highest BCUT2D eigenvalue weighted by atomic mass is 32.2. The van der Waals surface area contributed by atoms with Crippen LogP contribution >= 0.6 is 0 Å². The minimum absolute atomic E-state index is 0.169. The third kappa shape index (κ3) is 3.38. The Labute approximate surface area is 125 Å². The lowest BCUT2D eigenvalue weighted by Gasteiger charge is -2.32. The van der Waals surface area contributed by atoms with Gasteiger partial charge < -0.3 is 9.31 Å². The Morgan fingerprint density at radius 3 is 2.14 bits per heavy atom. The van der Waals surface area contributed by atoms with Crippen LogP contribution in [0.25, 0.3) is 0 Å². The topological polar surface area (TPSA) is 64.6 Å². The minimum atomic E-state index is -3.43. The predicted octanol–water partition coefficient (Wildman–Crippen LogP) is 1.50. The van der Waals surface area contributed by atoms with E-state index in [-0.39, 0.29) is 11.2 Å². The fraction of sp³-hybridized carbons (Fsp3) is 0.538. The summed E-state index contributed by atoms with van der Waals surface area (Å²) in [5, 5.41) is 0. The van der Waals surface area contributed by atoms with Crippen LogP contribution < -0.4 is 10.2 Å². The van der Waals surface area contributed by atoms with Gasteiger partial charge in [-0.1, -0.05) is 0 Å². The average molecular weight is 315 g/mol. The first-order valence-electron chi connectivity index (χ1n) is 6.54. The first kappa shape index (κ1) is 16.3. The number of rotatable bonds is 3. The minimum Gasteiger partial charge on any atom is -0.399 e. The summed E-state index contributed by atoms with van der Waals surface area (Å²) in [5.41, 5.74) is -0.750. The van der Waals surface area contributed by atoms with Crippen LogP contribution in [-0.4, -0.2) is 33.0 Å². The number of nitrogens with one attached hydrogen (secondary N) is 1. The van der Waals surface area contributed by atoms with Gasteiger partial charge >= 0.3 is 7.12 Å². The molecule has 1 N–H and O–H groups in total. The van der Waals surface area contributed by atoms with Crippen molar-refractivity contribution < 1.29 is 22.1 Å². The van der Waals surface area contributed by atoms with Gasteiger partial charge in [0.25, 0.3) is 0 Å².